The van der Waals surface area contributed by atoms with Gasteiger partial charge in [0.1, 0.15) is 5.75 Å². The molecule has 0 aliphatic heterocycles. The molecule has 27 heavy (non-hydrogen) atoms. The van der Waals surface area contributed by atoms with Crippen LogP contribution in [0.15, 0.2) is 42.7 Å². The topological polar surface area (TPSA) is 80.3 Å². The van der Waals surface area contributed by atoms with Gasteiger partial charge in [-0.15, -0.1) is 0 Å². The zero-order valence-electron chi connectivity index (χ0n) is 14.3. The molecule has 1 heterocycles. The van der Waals surface area contributed by atoms with Crippen LogP contribution in [-0.4, -0.2) is 28.9 Å². The minimum atomic E-state index is -0.374. The number of carbonyl (C=O) groups is 2. The van der Waals surface area contributed by atoms with Crippen molar-refractivity contribution in [2.45, 2.75) is 24.8 Å². The quantitative estimate of drug-likeness (QED) is 0.770. The number of hydrogen-bond donors (Lipinski definition) is 2. The summed E-state index contributed by atoms with van der Waals surface area (Å²) < 4.78 is 5.45. The monoisotopic (exact) mass is 405 g/mol. The third-order valence-electron chi connectivity index (χ3n) is 5.12. The number of ether oxygens (including phenoxy) is 1. The molecule has 3 aliphatic carbocycles. The Balaban J connectivity index is 1.25. The predicted octanol–water partition coefficient (Wildman–Crippen LogP) is 3.44. The molecule has 140 valence electrons. The van der Waals surface area contributed by atoms with Crippen LogP contribution in [0.5, 0.6) is 5.75 Å². The Morgan fingerprint density at radius 1 is 1.07 bits per heavy atom. The molecule has 3 fully saturated rings. The molecule has 2 N–H and O–H groups in total. The Hall–Kier alpha value is -2.31. The van der Waals surface area contributed by atoms with Gasteiger partial charge in [-0.25, -0.2) is 0 Å². The third-order valence-corrected chi connectivity index (χ3v) is 5.85. The molecule has 0 unspecified atom stereocenters. The van der Waals surface area contributed by atoms with Gasteiger partial charge in [-0.3, -0.25) is 14.6 Å². The number of carbonyl (C=O) groups excluding carboxylic acids is 2. The molecule has 8 heteroatoms. The highest BCUT2D eigenvalue weighted by atomic mass is 35.5. The van der Waals surface area contributed by atoms with E-state index >= 15 is 0 Å². The van der Waals surface area contributed by atoms with Crippen molar-refractivity contribution in [1.29, 1.82) is 0 Å². The Morgan fingerprint density at radius 2 is 1.78 bits per heavy atom. The molecule has 6 nitrogen and oxygen atoms in total. The van der Waals surface area contributed by atoms with Crippen LogP contribution in [0.2, 0.25) is 10.0 Å². The Kier molecular flexibility index (Phi) is 4.48. The van der Waals surface area contributed by atoms with E-state index in [1.165, 1.54) is 0 Å². The zero-order valence-corrected chi connectivity index (χ0v) is 15.8. The molecule has 2 amide bonds. The lowest BCUT2D eigenvalue weighted by Crippen LogP contribution is -2.78. The van der Waals surface area contributed by atoms with Gasteiger partial charge in [0.25, 0.3) is 5.91 Å². The van der Waals surface area contributed by atoms with Crippen molar-refractivity contribution < 1.29 is 14.3 Å². The van der Waals surface area contributed by atoms with Crippen molar-refractivity contribution >= 4 is 40.7 Å². The van der Waals surface area contributed by atoms with Crippen molar-refractivity contribution in [3.05, 3.63) is 52.8 Å². The first-order valence-corrected chi connectivity index (χ1v) is 9.26. The van der Waals surface area contributed by atoms with Crippen LogP contribution in [0.1, 0.15) is 19.3 Å². The maximum Gasteiger partial charge on any atom is 0.258 e. The van der Waals surface area contributed by atoms with Crippen LogP contribution in [0.3, 0.4) is 0 Å². The van der Waals surface area contributed by atoms with Crippen molar-refractivity contribution in [2.75, 3.05) is 11.9 Å². The number of hydrogen-bond acceptors (Lipinski definition) is 4. The van der Waals surface area contributed by atoms with E-state index in [1.54, 1.807) is 42.7 Å². The average molecular weight is 406 g/mol. The molecule has 3 aliphatic rings. The fraction of sp³-hybridized carbons (Fsp3) is 0.316. The zero-order chi connectivity index (χ0) is 19.1. The molecule has 5 rings (SSSR count). The van der Waals surface area contributed by atoms with E-state index in [2.05, 4.69) is 15.6 Å². The summed E-state index contributed by atoms with van der Waals surface area (Å²) in [5, 5.41) is 6.70. The second-order valence-electron chi connectivity index (χ2n) is 7.19. The number of aromatic nitrogens is 1. The Labute approximate surface area is 166 Å². The molecule has 1 aromatic carbocycles. The summed E-state index contributed by atoms with van der Waals surface area (Å²) in [7, 11) is 0. The van der Waals surface area contributed by atoms with Crippen molar-refractivity contribution in [2.24, 2.45) is 5.41 Å². The van der Waals surface area contributed by atoms with Crippen LogP contribution < -0.4 is 15.4 Å². The second kappa shape index (κ2) is 6.69. The van der Waals surface area contributed by atoms with Crippen LogP contribution in [0.4, 0.5) is 5.69 Å². The Bertz CT molecular complexity index is 885. The molecule has 3 saturated carbocycles. The second-order valence-corrected chi connectivity index (χ2v) is 8.01. The van der Waals surface area contributed by atoms with Crippen molar-refractivity contribution in [3.63, 3.8) is 0 Å². The van der Waals surface area contributed by atoms with E-state index in [9.17, 15) is 9.59 Å². The van der Waals surface area contributed by atoms with Gasteiger partial charge in [0, 0.05) is 29.7 Å². The van der Waals surface area contributed by atoms with E-state index in [1.807, 2.05) is 0 Å². The average Bonchev–Trinajstić information content (AvgIpc) is 2.58. The highest BCUT2D eigenvalue weighted by Crippen LogP contribution is 2.67. The lowest BCUT2D eigenvalue weighted by atomic mass is 9.39. The summed E-state index contributed by atoms with van der Waals surface area (Å²) in [4.78, 5) is 28.6. The first-order chi connectivity index (χ1) is 12.9. The molecule has 2 bridgehead atoms. The maximum absolute atomic E-state index is 12.5. The van der Waals surface area contributed by atoms with E-state index < -0.39 is 0 Å². The number of amides is 2. The normalized spacial score (nSPS) is 25.0. The van der Waals surface area contributed by atoms with Crippen LogP contribution in [0.25, 0.3) is 0 Å². The summed E-state index contributed by atoms with van der Waals surface area (Å²) in [6, 6.07) is 8.34. The minimum Gasteiger partial charge on any atom is -0.484 e. The van der Waals surface area contributed by atoms with E-state index in [4.69, 9.17) is 27.9 Å². The van der Waals surface area contributed by atoms with Gasteiger partial charge in [0.2, 0.25) is 5.91 Å². The highest BCUT2D eigenvalue weighted by Gasteiger charge is 2.72. The van der Waals surface area contributed by atoms with Crippen LogP contribution in [0, 0.1) is 5.41 Å². The van der Waals surface area contributed by atoms with Gasteiger partial charge in [0.05, 0.1) is 15.5 Å². The molecule has 0 radical (unpaired) electrons. The minimum absolute atomic E-state index is 0.00289. The summed E-state index contributed by atoms with van der Waals surface area (Å²) in [6.07, 6.45) is 5.21. The van der Waals surface area contributed by atoms with Crippen LogP contribution >= 0.6 is 23.2 Å². The van der Waals surface area contributed by atoms with Gasteiger partial charge < -0.3 is 15.4 Å². The number of benzene rings is 1. The number of nitrogens with zero attached hydrogens (tertiary/aromatic N) is 1. The molecular formula is C19H17Cl2N3O3. The molecule has 0 atom stereocenters. The SMILES string of the molecule is O=C(COc1ccc(Cl)c(Cl)c1)NC12CC(C(=O)Nc3ccncc3)(C1)C2. The van der Waals surface area contributed by atoms with Gasteiger partial charge >= 0.3 is 0 Å². The summed E-state index contributed by atoms with van der Waals surface area (Å²) in [5.41, 5.74) is 0.0715. The first kappa shape index (κ1) is 18.1. The molecule has 0 saturated heterocycles. The van der Waals surface area contributed by atoms with E-state index in [-0.39, 0.29) is 29.4 Å². The standard InChI is InChI=1S/C19H17Cl2N3O3/c20-14-2-1-13(7-15(14)21)27-8-16(25)24-19-9-18(10-19,11-19)17(26)23-12-3-5-22-6-4-12/h1-7H,8-11H2,(H,24,25)(H,22,23,26). The summed E-state index contributed by atoms with van der Waals surface area (Å²) >= 11 is 11.8. The number of rotatable bonds is 6. The molecule has 1 aromatic heterocycles. The van der Waals surface area contributed by atoms with Crippen LogP contribution in [-0.2, 0) is 9.59 Å². The fourth-order valence-electron chi connectivity index (χ4n) is 3.91. The number of halogens is 2. The number of pyridine rings is 1. The number of nitrogens with one attached hydrogen (secondary N) is 2. The smallest absolute Gasteiger partial charge is 0.258 e. The van der Waals surface area contributed by atoms with Crippen molar-refractivity contribution in [1.82, 2.24) is 10.3 Å². The maximum atomic E-state index is 12.5. The molecule has 0 spiro atoms. The summed E-state index contributed by atoms with van der Waals surface area (Å²) in [5.74, 6) is 0.256. The first-order valence-electron chi connectivity index (χ1n) is 8.50. The van der Waals surface area contributed by atoms with Gasteiger partial charge in [-0.1, -0.05) is 23.2 Å². The van der Waals surface area contributed by atoms with Gasteiger partial charge in [-0.2, -0.15) is 0 Å². The third kappa shape index (κ3) is 3.47. The van der Waals surface area contributed by atoms with Crippen molar-refractivity contribution in [3.8, 4) is 5.75 Å². The lowest BCUT2D eigenvalue weighted by Gasteiger charge is -2.69. The van der Waals surface area contributed by atoms with Gasteiger partial charge in [0.15, 0.2) is 6.61 Å². The van der Waals surface area contributed by atoms with E-state index in [0.717, 1.165) is 5.69 Å². The largest absolute Gasteiger partial charge is 0.484 e. The highest BCUT2D eigenvalue weighted by molar-refractivity contribution is 6.42. The predicted molar refractivity (Wildman–Crippen MR) is 102 cm³/mol. The van der Waals surface area contributed by atoms with Gasteiger partial charge in [-0.05, 0) is 43.5 Å². The fourth-order valence-corrected chi connectivity index (χ4v) is 4.20. The lowest BCUT2D eigenvalue weighted by molar-refractivity contribution is -0.179. The van der Waals surface area contributed by atoms with E-state index in [0.29, 0.717) is 35.1 Å². The Morgan fingerprint density at radius 3 is 2.44 bits per heavy atom. The number of anilines is 1. The molecule has 2 aromatic rings. The molecular weight excluding hydrogens is 389 g/mol. The summed E-state index contributed by atoms with van der Waals surface area (Å²) in [6.45, 7) is -0.115.